The zero-order valence-electron chi connectivity index (χ0n) is 16.7. The zero-order chi connectivity index (χ0) is 18.7. The predicted molar refractivity (Wildman–Crippen MR) is 107 cm³/mol. The molecule has 1 aliphatic rings. The van der Waals surface area contributed by atoms with Crippen molar-refractivity contribution in [2.75, 3.05) is 6.61 Å². The highest BCUT2D eigenvalue weighted by atomic mass is 16.7. The molecule has 2 aromatic carbocycles. The Morgan fingerprint density at radius 3 is 1.92 bits per heavy atom. The molecule has 3 nitrogen and oxygen atoms in total. The topological polar surface area (TPSA) is 27.7 Å². The second-order valence-corrected chi connectivity index (χ2v) is 7.50. The molecule has 0 N–H and O–H groups in total. The lowest BCUT2D eigenvalue weighted by molar-refractivity contribution is 0.00578. The van der Waals surface area contributed by atoms with E-state index >= 15 is 0 Å². The Hall–Kier alpha value is -1.52. The molecular weight excluding hydrogens is 311 g/mol. The molecule has 1 aliphatic heterocycles. The zero-order valence-corrected chi connectivity index (χ0v) is 16.7. The number of hydrogen-bond donors (Lipinski definition) is 0. The maximum Gasteiger partial charge on any atom is 0.494 e. The fourth-order valence-electron chi connectivity index (χ4n) is 2.62. The van der Waals surface area contributed by atoms with E-state index in [1.54, 1.807) is 0 Å². The molecule has 1 fully saturated rings. The van der Waals surface area contributed by atoms with E-state index in [-0.39, 0.29) is 18.3 Å². The summed E-state index contributed by atoms with van der Waals surface area (Å²) in [7, 11) is -0.319. The third kappa shape index (κ3) is 4.37. The summed E-state index contributed by atoms with van der Waals surface area (Å²) in [5, 5.41) is 2.32. The van der Waals surface area contributed by atoms with Crippen LogP contribution in [0.3, 0.4) is 0 Å². The van der Waals surface area contributed by atoms with Crippen molar-refractivity contribution in [1.29, 1.82) is 0 Å². The fourth-order valence-corrected chi connectivity index (χ4v) is 2.62. The van der Waals surface area contributed by atoms with Crippen LogP contribution in [0.2, 0.25) is 0 Å². The molecule has 25 heavy (non-hydrogen) atoms. The molecule has 0 amide bonds. The summed E-state index contributed by atoms with van der Waals surface area (Å²) in [6.45, 7) is 15.2. The van der Waals surface area contributed by atoms with E-state index < -0.39 is 0 Å². The van der Waals surface area contributed by atoms with Gasteiger partial charge in [-0.25, -0.2) is 0 Å². The van der Waals surface area contributed by atoms with Crippen LogP contribution in [-0.4, -0.2) is 24.9 Å². The van der Waals surface area contributed by atoms with Gasteiger partial charge >= 0.3 is 7.12 Å². The van der Waals surface area contributed by atoms with E-state index in [1.807, 2.05) is 13.0 Å². The molecule has 0 spiro atoms. The minimum Gasteiger partial charge on any atom is -0.494 e. The van der Waals surface area contributed by atoms with Crippen LogP contribution in [0.25, 0.3) is 10.8 Å². The highest BCUT2D eigenvalue weighted by Gasteiger charge is 2.51. The largest absolute Gasteiger partial charge is 0.494 e. The first-order chi connectivity index (χ1) is 11.7. The van der Waals surface area contributed by atoms with Crippen molar-refractivity contribution >= 4 is 23.4 Å². The molecular formula is C21H31BO3. The fraction of sp³-hybridized carbons (Fsp3) is 0.524. The molecule has 0 atom stereocenters. The summed E-state index contributed by atoms with van der Waals surface area (Å²) < 4.78 is 17.8. The van der Waals surface area contributed by atoms with E-state index in [0.717, 1.165) is 22.0 Å². The molecule has 2 aromatic rings. The average Bonchev–Trinajstić information content (AvgIpc) is 2.76. The van der Waals surface area contributed by atoms with Gasteiger partial charge in [-0.1, -0.05) is 44.5 Å². The summed E-state index contributed by atoms with van der Waals surface area (Å²) in [6, 6.07) is 12.4. The molecule has 3 rings (SSSR count). The Labute approximate surface area is 152 Å². The van der Waals surface area contributed by atoms with Gasteiger partial charge in [-0.2, -0.15) is 0 Å². The number of hydrogen-bond acceptors (Lipinski definition) is 3. The van der Waals surface area contributed by atoms with Gasteiger partial charge in [0, 0.05) is 0 Å². The second-order valence-electron chi connectivity index (χ2n) is 7.50. The standard InChI is InChI=1S/C18H23BO3.C3H8/c1-6-20-16-10-8-13-11-15(9-7-14(13)12-16)19-21-17(2,3)18(4,5)22-19;1-3-2/h7-12H,6H2,1-5H3;3H2,1-2H3. The van der Waals surface area contributed by atoms with Crippen molar-refractivity contribution in [2.24, 2.45) is 0 Å². The van der Waals surface area contributed by atoms with Crippen molar-refractivity contribution in [3.8, 4) is 5.75 Å². The predicted octanol–water partition coefficient (Wildman–Crippen LogP) is 4.95. The monoisotopic (exact) mass is 342 g/mol. The Morgan fingerprint density at radius 2 is 1.36 bits per heavy atom. The van der Waals surface area contributed by atoms with Gasteiger partial charge in [-0.15, -0.1) is 0 Å². The molecule has 1 saturated heterocycles. The summed E-state index contributed by atoms with van der Waals surface area (Å²) >= 11 is 0. The highest BCUT2D eigenvalue weighted by Crippen LogP contribution is 2.36. The van der Waals surface area contributed by atoms with Gasteiger partial charge in [0.1, 0.15) is 5.75 Å². The molecule has 0 aromatic heterocycles. The van der Waals surface area contributed by atoms with Crippen LogP contribution in [0, 0.1) is 0 Å². The van der Waals surface area contributed by atoms with Crippen LogP contribution >= 0.6 is 0 Å². The summed E-state index contributed by atoms with van der Waals surface area (Å²) in [4.78, 5) is 0. The molecule has 0 saturated carbocycles. The Bertz CT molecular complexity index is 693. The second kappa shape index (κ2) is 7.80. The third-order valence-corrected chi connectivity index (χ3v) is 4.67. The van der Waals surface area contributed by atoms with Crippen molar-refractivity contribution in [3.63, 3.8) is 0 Å². The van der Waals surface area contributed by atoms with E-state index in [0.29, 0.717) is 6.61 Å². The Morgan fingerprint density at radius 1 is 0.840 bits per heavy atom. The smallest absolute Gasteiger partial charge is 0.494 e. The molecule has 0 unspecified atom stereocenters. The lowest BCUT2D eigenvalue weighted by Crippen LogP contribution is -2.41. The number of benzene rings is 2. The first-order valence-corrected chi connectivity index (χ1v) is 9.26. The molecule has 136 valence electrons. The Kier molecular flexibility index (Phi) is 6.18. The molecule has 1 heterocycles. The third-order valence-electron chi connectivity index (χ3n) is 4.67. The van der Waals surface area contributed by atoms with Gasteiger partial charge in [0.05, 0.1) is 17.8 Å². The number of ether oxygens (including phenoxy) is 1. The molecule has 0 radical (unpaired) electrons. The van der Waals surface area contributed by atoms with E-state index in [4.69, 9.17) is 14.0 Å². The van der Waals surface area contributed by atoms with Crippen LogP contribution in [0.15, 0.2) is 36.4 Å². The van der Waals surface area contributed by atoms with Gasteiger partial charge in [-0.3, -0.25) is 0 Å². The molecule has 4 heteroatoms. The van der Waals surface area contributed by atoms with Crippen LogP contribution < -0.4 is 10.2 Å². The number of fused-ring (bicyclic) bond motifs is 1. The normalized spacial score (nSPS) is 18.0. The minimum absolute atomic E-state index is 0.314. The van der Waals surface area contributed by atoms with Crippen molar-refractivity contribution in [2.45, 2.75) is 66.1 Å². The molecule has 0 bridgehead atoms. The van der Waals surface area contributed by atoms with Gasteiger partial charge in [-0.05, 0) is 63.0 Å². The first kappa shape index (κ1) is 19.8. The lowest BCUT2D eigenvalue weighted by Gasteiger charge is -2.32. The SMILES string of the molecule is CCC.CCOc1ccc2cc(B3OC(C)(C)C(C)(C)O3)ccc2c1. The quantitative estimate of drug-likeness (QED) is 0.739. The summed E-state index contributed by atoms with van der Waals surface area (Å²) in [5.41, 5.74) is 0.423. The van der Waals surface area contributed by atoms with Gasteiger partial charge in [0.25, 0.3) is 0 Å². The minimum atomic E-state index is -0.319. The van der Waals surface area contributed by atoms with Gasteiger partial charge < -0.3 is 14.0 Å². The first-order valence-electron chi connectivity index (χ1n) is 9.26. The van der Waals surface area contributed by atoms with Crippen LogP contribution in [0.4, 0.5) is 0 Å². The lowest BCUT2D eigenvalue weighted by atomic mass is 9.78. The Balaban J connectivity index is 0.000000701. The van der Waals surface area contributed by atoms with Gasteiger partial charge in [0.2, 0.25) is 0 Å². The van der Waals surface area contributed by atoms with Crippen molar-refractivity contribution in [1.82, 2.24) is 0 Å². The van der Waals surface area contributed by atoms with Crippen LogP contribution in [-0.2, 0) is 9.31 Å². The highest BCUT2D eigenvalue weighted by molar-refractivity contribution is 6.62. The maximum atomic E-state index is 6.11. The summed E-state index contributed by atoms with van der Waals surface area (Å²) in [5.74, 6) is 0.901. The summed E-state index contributed by atoms with van der Waals surface area (Å²) in [6.07, 6.45) is 1.25. The van der Waals surface area contributed by atoms with Crippen LogP contribution in [0.1, 0.15) is 54.9 Å². The van der Waals surface area contributed by atoms with Crippen LogP contribution in [0.5, 0.6) is 5.75 Å². The van der Waals surface area contributed by atoms with Crippen molar-refractivity contribution < 1.29 is 14.0 Å². The maximum absolute atomic E-state index is 6.11. The van der Waals surface area contributed by atoms with E-state index in [9.17, 15) is 0 Å². The number of rotatable bonds is 3. The average molecular weight is 342 g/mol. The van der Waals surface area contributed by atoms with Crippen molar-refractivity contribution in [3.05, 3.63) is 36.4 Å². The van der Waals surface area contributed by atoms with E-state index in [1.165, 1.54) is 6.42 Å². The van der Waals surface area contributed by atoms with E-state index in [2.05, 4.69) is 71.9 Å². The molecule has 0 aliphatic carbocycles. The van der Waals surface area contributed by atoms with Gasteiger partial charge in [0.15, 0.2) is 0 Å².